The van der Waals surface area contributed by atoms with E-state index in [9.17, 15) is 13.2 Å². The summed E-state index contributed by atoms with van der Waals surface area (Å²) in [6.45, 7) is 4.09. The molecule has 2 aromatic rings. The summed E-state index contributed by atoms with van der Waals surface area (Å²) in [6, 6.07) is 9.03. The van der Waals surface area contributed by atoms with Crippen molar-refractivity contribution in [3.63, 3.8) is 0 Å². The van der Waals surface area contributed by atoms with E-state index in [4.69, 9.17) is 12.2 Å². The third-order valence-corrected chi connectivity index (χ3v) is 5.94. The zero-order valence-corrected chi connectivity index (χ0v) is 15.5. The molecule has 1 unspecified atom stereocenters. The molecule has 130 valence electrons. The van der Waals surface area contributed by atoms with Crippen LogP contribution in [0, 0.1) is 18.5 Å². The Hall–Kier alpha value is -2.25. The first kappa shape index (κ1) is 17.6. The average Bonchev–Trinajstić information content (AvgIpc) is 2.88. The Morgan fingerprint density at radius 2 is 1.96 bits per heavy atom. The fraction of sp³-hybridized carbons (Fsp3) is 0.222. The van der Waals surface area contributed by atoms with Crippen molar-refractivity contribution >= 4 is 28.0 Å². The second kappa shape index (κ2) is 6.57. The number of hydrogen-bond acceptors (Lipinski definition) is 4. The fourth-order valence-electron chi connectivity index (χ4n) is 2.64. The lowest BCUT2D eigenvalue weighted by molar-refractivity contribution is 0.0947. The number of carbonyl (C=O) groups is 1. The third-order valence-electron chi connectivity index (χ3n) is 4.22. The molecule has 3 rings (SSSR count). The van der Waals surface area contributed by atoms with Gasteiger partial charge in [0.1, 0.15) is 4.64 Å². The third kappa shape index (κ3) is 3.88. The minimum absolute atomic E-state index is 0.115. The first-order chi connectivity index (χ1) is 11.7. The van der Waals surface area contributed by atoms with Crippen molar-refractivity contribution in [2.45, 2.75) is 19.9 Å². The standard InChI is InChI=1S/C18H18N2O3S2/c1-11-3-4-13(9-12(11)2)16-6-5-15(18(24)20-16)17(21)19-14-7-8-25(22,23)10-14/h3-9,14H,10H2,1-2H3,(H,19,21)(H,20,24). The van der Waals surface area contributed by atoms with Gasteiger partial charge in [0.25, 0.3) is 5.91 Å². The molecule has 0 radical (unpaired) electrons. The van der Waals surface area contributed by atoms with Crippen molar-refractivity contribution in [3.8, 4) is 11.3 Å². The monoisotopic (exact) mass is 374 g/mol. The molecule has 1 aliphatic rings. The Balaban J connectivity index is 1.82. The highest BCUT2D eigenvalue weighted by molar-refractivity contribution is 7.94. The summed E-state index contributed by atoms with van der Waals surface area (Å²) in [5.41, 5.74) is 4.52. The number of nitrogens with one attached hydrogen (secondary N) is 2. The number of rotatable bonds is 3. The van der Waals surface area contributed by atoms with Crippen LogP contribution < -0.4 is 5.32 Å². The number of aromatic amines is 1. The molecule has 0 bridgehead atoms. The normalized spacial score (nSPS) is 18.2. The zero-order valence-electron chi connectivity index (χ0n) is 13.9. The van der Waals surface area contributed by atoms with E-state index in [0.717, 1.165) is 16.7 Å². The maximum atomic E-state index is 12.4. The van der Waals surface area contributed by atoms with E-state index in [-0.39, 0.29) is 11.7 Å². The Labute approximate surface area is 151 Å². The van der Waals surface area contributed by atoms with Crippen LogP contribution in [0.25, 0.3) is 11.3 Å². The molecule has 0 aliphatic carbocycles. The molecule has 25 heavy (non-hydrogen) atoms. The second-order valence-electron chi connectivity index (χ2n) is 6.15. The van der Waals surface area contributed by atoms with Crippen LogP contribution in [0.2, 0.25) is 0 Å². The average molecular weight is 374 g/mol. The predicted molar refractivity (Wildman–Crippen MR) is 101 cm³/mol. The molecule has 1 atom stereocenters. The summed E-state index contributed by atoms with van der Waals surface area (Å²) in [5.74, 6) is -0.504. The van der Waals surface area contributed by atoms with Gasteiger partial charge in [-0.3, -0.25) is 4.79 Å². The first-order valence-electron chi connectivity index (χ1n) is 7.78. The van der Waals surface area contributed by atoms with Gasteiger partial charge in [0, 0.05) is 11.1 Å². The summed E-state index contributed by atoms with van der Waals surface area (Å²) >= 11 is 5.31. The van der Waals surface area contributed by atoms with E-state index < -0.39 is 15.9 Å². The van der Waals surface area contributed by atoms with Crippen LogP contribution in [-0.4, -0.2) is 31.1 Å². The van der Waals surface area contributed by atoms with Crippen LogP contribution in [0.3, 0.4) is 0 Å². The lowest BCUT2D eigenvalue weighted by atomic mass is 10.0. The predicted octanol–water partition coefficient (Wildman–Crippen LogP) is 3.07. The molecular weight excluding hydrogens is 356 g/mol. The maximum Gasteiger partial charge on any atom is 0.254 e. The molecule has 1 amide bonds. The van der Waals surface area contributed by atoms with Crippen LogP contribution >= 0.6 is 12.2 Å². The van der Waals surface area contributed by atoms with Crippen LogP contribution in [0.4, 0.5) is 0 Å². The van der Waals surface area contributed by atoms with Crippen molar-refractivity contribution in [3.05, 3.63) is 63.1 Å². The van der Waals surface area contributed by atoms with Gasteiger partial charge in [-0.05, 0) is 54.8 Å². The fourth-order valence-corrected chi connectivity index (χ4v) is 4.15. The van der Waals surface area contributed by atoms with E-state index in [2.05, 4.69) is 16.4 Å². The molecule has 0 spiro atoms. The lowest BCUT2D eigenvalue weighted by Crippen LogP contribution is -2.35. The number of carbonyl (C=O) groups excluding carboxylic acids is 1. The largest absolute Gasteiger partial charge is 0.345 e. The molecule has 1 aromatic carbocycles. The second-order valence-corrected chi connectivity index (χ2v) is 8.49. The van der Waals surface area contributed by atoms with Gasteiger partial charge in [-0.25, -0.2) is 8.42 Å². The quantitative estimate of drug-likeness (QED) is 0.810. The van der Waals surface area contributed by atoms with Gasteiger partial charge >= 0.3 is 0 Å². The molecule has 0 saturated carbocycles. The molecule has 2 heterocycles. The summed E-state index contributed by atoms with van der Waals surface area (Å²) in [6.07, 6.45) is 1.48. The molecule has 5 nitrogen and oxygen atoms in total. The van der Waals surface area contributed by atoms with E-state index in [1.165, 1.54) is 17.2 Å². The van der Waals surface area contributed by atoms with E-state index in [1.54, 1.807) is 12.1 Å². The maximum absolute atomic E-state index is 12.4. The Morgan fingerprint density at radius 1 is 1.20 bits per heavy atom. The Bertz CT molecular complexity index is 1040. The summed E-state index contributed by atoms with van der Waals surface area (Å²) in [4.78, 5) is 15.4. The number of amides is 1. The highest BCUT2D eigenvalue weighted by atomic mass is 32.2. The van der Waals surface area contributed by atoms with Gasteiger partial charge in [-0.1, -0.05) is 24.4 Å². The minimum Gasteiger partial charge on any atom is -0.345 e. The molecule has 2 N–H and O–H groups in total. The Morgan fingerprint density at radius 3 is 2.56 bits per heavy atom. The number of hydrogen-bond donors (Lipinski definition) is 2. The van der Waals surface area contributed by atoms with Crippen LogP contribution in [0.5, 0.6) is 0 Å². The number of benzene rings is 1. The molecular formula is C18H18N2O3S2. The number of pyridine rings is 1. The molecule has 1 aromatic heterocycles. The molecule has 1 aliphatic heterocycles. The van der Waals surface area contributed by atoms with Crippen LogP contribution in [0.15, 0.2) is 41.8 Å². The molecule has 0 saturated heterocycles. The Kier molecular flexibility index (Phi) is 4.62. The number of aryl methyl sites for hydroxylation is 2. The van der Waals surface area contributed by atoms with Crippen LogP contribution in [0.1, 0.15) is 21.5 Å². The van der Waals surface area contributed by atoms with Crippen LogP contribution in [-0.2, 0) is 9.84 Å². The zero-order chi connectivity index (χ0) is 18.2. The van der Waals surface area contributed by atoms with Crippen molar-refractivity contribution in [2.75, 3.05) is 5.75 Å². The molecule has 7 heteroatoms. The lowest BCUT2D eigenvalue weighted by Gasteiger charge is -2.11. The SMILES string of the molecule is Cc1ccc(-c2ccc(C(=O)NC3C=CS(=O)(=O)C3)c(=S)[nH]2)cc1C. The minimum atomic E-state index is -3.21. The van der Waals surface area contributed by atoms with E-state index in [0.29, 0.717) is 10.2 Å². The van der Waals surface area contributed by atoms with Crippen molar-refractivity contribution in [2.24, 2.45) is 0 Å². The van der Waals surface area contributed by atoms with E-state index in [1.807, 2.05) is 26.0 Å². The first-order valence-corrected chi connectivity index (χ1v) is 9.90. The number of sulfone groups is 1. The topological polar surface area (TPSA) is 79.0 Å². The van der Waals surface area contributed by atoms with Crippen molar-refractivity contribution in [1.82, 2.24) is 10.3 Å². The summed E-state index contributed by atoms with van der Waals surface area (Å²) in [5, 5.41) is 3.80. The van der Waals surface area contributed by atoms with Crippen molar-refractivity contribution in [1.29, 1.82) is 0 Å². The van der Waals surface area contributed by atoms with Gasteiger partial charge in [-0.15, -0.1) is 0 Å². The van der Waals surface area contributed by atoms with Gasteiger partial charge in [-0.2, -0.15) is 0 Å². The van der Waals surface area contributed by atoms with Crippen molar-refractivity contribution < 1.29 is 13.2 Å². The number of H-pyrrole nitrogens is 1. The van der Waals surface area contributed by atoms with E-state index >= 15 is 0 Å². The summed E-state index contributed by atoms with van der Waals surface area (Å²) < 4.78 is 23.1. The van der Waals surface area contributed by atoms with Gasteiger partial charge < -0.3 is 10.3 Å². The van der Waals surface area contributed by atoms with Gasteiger partial charge in [0.05, 0.1) is 17.4 Å². The van der Waals surface area contributed by atoms with Gasteiger partial charge in [0.2, 0.25) is 0 Å². The smallest absolute Gasteiger partial charge is 0.254 e. The molecule has 0 fully saturated rings. The highest BCUT2D eigenvalue weighted by Crippen LogP contribution is 2.21. The van der Waals surface area contributed by atoms with Gasteiger partial charge in [0.15, 0.2) is 9.84 Å². The highest BCUT2D eigenvalue weighted by Gasteiger charge is 2.23. The number of aromatic nitrogens is 1. The summed E-state index contributed by atoms with van der Waals surface area (Å²) in [7, 11) is -3.21.